The van der Waals surface area contributed by atoms with Crippen LogP contribution in [0.3, 0.4) is 0 Å². The zero-order chi connectivity index (χ0) is 23.9. The number of anilines is 1. The van der Waals surface area contributed by atoms with E-state index in [1.165, 1.54) is 12.8 Å². The van der Waals surface area contributed by atoms with E-state index in [0.717, 1.165) is 63.6 Å². The zero-order valence-electron chi connectivity index (χ0n) is 21.4. The lowest BCUT2D eigenvalue weighted by atomic mass is 9.95. The zero-order valence-corrected chi connectivity index (χ0v) is 23.4. The van der Waals surface area contributed by atoms with E-state index < -0.39 is 12.1 Å². The van der Waals surface area contributed by atoms with Crippen molar-refractivity contribution in [2.24, 2.45) is 5.92 Å². The Morgan fingerprint density at radius 3 is 2.18 bits per heavy atom. The summed E-state index contributed by atoms with van der Waals surface area (Å²) in [6, 6.07) is 7.52. The van der Waals surface area contributed by atoms with Gasteiger partial charge >= 0.3 is 0 Å². The lowest BCUT2D eigenvalue weighted by Gasteiger charge is -2.36. The Balaban J connectivity index is 0.00000133. The van der Waals surface area contributed by atoms with Gasteiger partial charge in [0, 0.05) is 50.0 Å². The molecule has 212 valence electrons. The van der Waals surface area contributed by atoms with E-state index in [1.54, 1.807) is 4.90 Å². The van der Waals surface area contributed by atoms with E-state index in [4.69, 9.17) is 4.74 Å². The second-order valence-electron chi connectivity index (χ2n) is 10.9. The van der Waals surface area contributed by atoms with Crippen LogP contribution >= 0.6 is 27.0 Å². The molecule has 8 nitrogen and oxygen atoms in total. The molecule has 1 aromatic carbocycles. The van der Waals surface area contributed by atoms with Crippen molar-refractivity contribution in [2.75, 3.05) is 44.2 Å². The molecule has 3 saturated heterocycles. The fourth-order valence-electron chi connectivity index (χ4n) is 6.53. The number of benzene rings is 1. The lowest BCUT2D eigenvalue weighted by Crippen LogP contribution is -2.54. The number of nitrogens with one attached hydrogen (secondary N) is 1. The molecule has 0 aromatic heterocycles. The van der Waals surface area contributed by atoms with E-state index in [1.807, 2.05) is 24.3 Å². The van der Waals surface area contributed by atoms with Crippen molar-refractivity contribution in [2.45, 2.75) is 76.6 Å². The monoisotopic (exact) mass is 564 g/mol. The largest absolute Gasteiger partial charge is 0.369 e. The van der Waals surface area contributed by atoms with E-state index in [0.29, 0.717) is 18.5 Å². The first-order chi connectivity index (χ1) is 17.1. The Hall–Kier alpha value is -1.75. The van der Waals surface area contributed by atoms with Crippen LogP contribution in [0.5, 0.6) is 0 Å². The van der Waals surface area contributed by atoms with Gasteiger partial charge in [0.1, 0.15) is 18.7 Å². The van der Waals surface area contributed by atoms with Gasteiger partial charge in [-0.15, -0.1) is 0 Å². The predicted molar refractivity (Wildman–Crippen MR) is 159 cm³/mol. The van der Waals surface area contributed by atoms with E-state index in [9.17, 15) is 14.4 Å². The van der Waals surface area contributed by atoms with Gasteiger partial charge in [-0.3, -0.25) is 19.3 Å². The predicted octanol–water partition coefficient (Wildman–Crippen LogP) is 2.69. The SMILES string of the molecule is C.O=C(N[C@H](C(=O)N1CC[C@H]2OCC(=O)[C@H]21)C1CCCC1)c1ccc(N2CCN(C3CC3)CC2)cc1.S.S. The number of amides is 2. The van der Waals surface area contributed by atoms with Crippen molar-refractivity contribution in [3.05, 3.63) is 29.8 Å². The molecule has 1 N–H and O–H groups in total. The Labute approximate surface area is 240 Å². The molecule has 3 heterocycles. The van der Waals surface area contributed by atoms with Crippen molar-refractivity contribution >= 4 is 50.3 Å². The number of rotatable bonds is 6. The number of hydrogen-bond donors (Lipinski definition) is 1. The first-order valence-electron chi connectivity index (χ1n) is 13.4. The minimum absolute atomic E-state index is 0. The van der Waals surface area contributed by atoms with E-state index in [2.05, 4.69) is 15.1 Å². The maximum atomic E-state index is 13.6. The van der Waals surface area contributed by atoms with Crippen molar-refractivity contribution < 1.29 is 19.1 Å². The van der Waals surface area contributed by atoms with E-state index in [-0.39, 0.29) is 70.6 Å². The maximum Gasteiger partial charge on any atom is 0.251 e. The Morgan fingerprint density at radius 2 is 1.55 bits per heavy atom. The number of hydrogen-bond acceptors (Lipinski definition) is 6. The second-order valence-corrected chi connectivity index (χ2v) is 10.9. The van der Waals surface area contributed by atoms with Gasteiger partial charge < -0.3 is 19.9 Å². The van der Waals surface area contributed by atoms with Crippen molar-refractivity contribution in [1.29, 1.82) is 0 Å². The van der Waals surface area contributed by atoms with Crippen LogP contribution in [0, 0.1) is 5.92 Å². The van der Waals surface area contributed by atoms with Crippen LogP contribution in [0.25, 0.3) is 0 Å². The van der Waals surface area contributed by atoms with Gasteiger partial charge in [-0.2, -0.15) is 27.0 Å². The quantitative estimate of drug-likeness (QED) is 0.572. The van der Waals surface area contributed by atoms with Crippen LogP contribution in [0.15, 0.2) is 24.3 Å². The normalized spacial score (nSPS) is 26.2. The first kappa shape index (κ1) is 30.8. The summed E-state index contributed by atoms with van der Waals surface area (Å²) < 4.78 is 5.57. The van der Waals surface area contributed by atoms with Gasteiger partial charge in [0.25, 0.3) is 5.91 Å². The first-order valence-corrected chi connectivity index (χ1v) is 13.4. The van der Waals surface area contributed by atoms with Crippen LogP contribution in [-0.4, -0.2) is 91.0 Å². The molecule has 5 aliphatic rings. The summed E-state index contributed by atoms with van der Waals surface area (Å²) in [6.07, 6.45) is 7.18. The summed E-state index contributed by atoms with van der Waals surface area (Å²) in [5, 5.41) is 3.07. The summed E-state index contributed by atoms with van der Waals surface area (Å²) in [6.45, 7) is 4.83. The molecule has 1 aromatic rings. The lowest BCUT2D eigenvalue weighted by molar-refractivity contribution is -0.139. The van der Waals surface area contributed by atoms with Crippen LogP contribution in [0.2, 0.25) is 0 Å². The Bertz CT molecular complexity index is 976. The number of ketones is 1. The summed E-state index contributed by atoms with van der Waals surface area (Å²) >= 11 is 0. The van der Waals surface area contributed by atoms with Crippen LogP contribution in [0.4, 0.5) is 5.69 Å². The summed E-state index contributed by atoms with van der Waals surface area (Å²) in [5.41, 5.74) is 1.71. The van der Waals surface area contributed by atoms with Crippen LogP contribution in [0.1, 0.15) is 62.7 Å². The van der Waals surface area contributed by atoms with Crippen molar-refractivity contribution in [3.63, 3.8) is 0 Å². The number of nitrogens with zero attached hydrogens (tertiary/aromatic N) is 3. The van der Waals surface area contributed by atoms with Crippen LogP contribution < -0.4 is 10.2 Å². The van der Waals surface area contributed by atoms with Gasteiger partial charge in [-0.25, -0.2) is 0 Å². The molecule has 3 aliphatic heterocycles. The molecular formula is C28H44N4O4S2. The third-order valence-corrected chi connectivity index (χ3v) is 8.69. The van der Waals surface area contributed by atoms with Crippen LogP contribution in [-0.2, 0) is 14.3 Å². The average Bonchev–Trinajstić information content (AvgIpc) is 3.26. The van der Waals surface area contributed by atoms with Gasteiger partial charge in [0.15, 0.2) is 5.78 Å². The smallest absolute Gasteiger partial charge is 0.251 e. The van der Waals surface area contributed by atoms with Gasteiger partial charge in [-0.05, 0) is 62.3 Å². The molecule has 2 aliphatic carbocycles. The highest BCUT2D eigenvalue weighted by Crippen LogP contribution is 2.33. The molecule has 38 heavy (non-hydrogen) atoms. The fraction of sp³-hybridized carbons (Fsp3) is 0.679. The van der Waals surface area contributed by atoms with E-state index >= 15 is 0 Å². The molecular weight excluding hydrogens is 520 g/mol. The molecule has 10 heteroatoms. The molecule has 2 amide bonds. The molecule has 0 bridgehead atoms. The molecule has 3 atom stereocenters. The number of fused-ring (bicyclic) bond motifs is 1. The van der Waals surface area contributed by atoms with Crippen molar-refractivity contribution in [3.8, 4) is 0 Å². The highest BCUT2D eigenvalue weighted by molar-refractivity contribution is 7.59. The minimum atomic E-state index is -0.590. The number of carbonyl (C=O) groups excluding carboxylic acids is 3. The summed E-state index contributed by atoms with van der Waals surface area (Å²) in [7, 11) is 0. The van der Waals surface area contributed by atoms with Gasteiger partial charge in [-0.1, -0.05) is 20.3 Å². The minimum Gasteiger partial charge on any atom is -0.369 e. The second kappa shape index (κ2) is 13.1. The number of ether oxygens (including phenoxy) is 1. The average molecular weight is 565 g/mol. The number of Topliss-reactive ketones (excluding diaryl/α,β-unsaturated/α-hetero) is 1. The molecule has 5 fully saturated rings. The third-order valence-electron chi connectivity index (χ3n) is 8.69. The number of carbonyl (C=O) groups is 3. The van der Waals surface area contributed by atoms with Gasteiger partial charge in [0.2, 0.25) is 5.91 Å². The molecule has 0 unspecified atom stereocenters. The third kappa shape index (κ3) is 6.18. The highest BCUT2D eigenvalue weighted by atomic mass is 32.1. The fourth-order valence-corrected chi connectivity index (χ4v) is 6.53. The molecule has 6 rings (SSSR count). The maximum absolute atomic E-state index is 13.6. The molecule has 0 spiro atoms. The topological polar surface area (TPSA) is 82.2 Å². The Kier molecular flexibility index (Phi) is 10.6. The van der Waals surface area contributed by atoms with Crippen molar-refractivity contribution in [1.82, 2.24) is 15.1 Å². The Morgan fingerprint density at radius 1 is 0.895 bits per heavy atom. The summed E-state index contributed by atoms with van der Waals surface area (Å²) in [4.78, 5) is 45.9. The number of likely N-dealkylation sites (tertiary alicyclic amines) is 1. The number of piperazine rings is 1. The van der Waals surface area contributed by atoms with Gasteiger partial charge in [0.05, 0.1) is 6.10 Å². The highest BCUT2D eigenvalue weighted by Gasteiger charge is 2.49. The summed E-state index contributed by atoms with van der Waals surface area (Å²) in [5.74, 6) is -0.247. The molecule has 0 radical (unpaired) electrons. The standard InChI is InChI=1S/C27H36N4O4.CH4.2H2S/c32-22-17-35-23-11-12-31(25(22)23)27(34)24(18-3-1-2-4-18)28-26(33)19-5-7-20(8-6-19)29-13-15-30(16-14-29)21-9-10-21;;;/h5-8,18,21,23-25H,1-4,9-17H2,(H,28,33);1H4;2*1H2/t23-,24+,25-;;;/m1.../s1. The molecule has 2 saturated carbocycles.